The fourth-order valence-electron chi connectivity index (χ4n) is 3.45. The van der Waals surface area contributed by atoms with Crippen LogP contribution in [0.1, 0.15) is 29.3 Å². The van der Waals surface area contributed by atoms with Crippen molar-refractivity contribution >= 4 is 5.91 Å². The number of carbonyl (C=O) groups excluding carboxylic acids is 1. The zero-order chi connectivity index (χ0) is 17.8. The van der Waals surface area contributed by atoms with Crippen LogP contribution in [0.4, 0.5) is 0 Å². The first-order valence-electron chi connectivity index (χ1n) is 8.79. The lowest BCUT2D eigenvalue weighted by molar-refractivity contribution is 0.0689. The van der Waals surface area contributed by atoms with Crippen LogP contribution >= 0.6 is 0 Å². The van der Waals surface area contributed by atoms with Crippen molar-refractivity contribution in [2.24, 2.45) is 7.05 Å². The van der Waals surface area contributed by atoms with Gasteiger partial charge in [0.15, 0.2) is 0 Å². The van der Waals surface area contributed by atoms with Crippen LogP contribution in [0.25, 0.3) is 0 Å². The number of aryl methyl sites for hydroxylation is 1. The first kappa shape index (κ1) is 17.4. The van der Waals surface area contributed by atoms with E-state index in [0.717, 1.165) is 26.1 Å². The van der Waals surface area contributed by atoms with Gasteiger partial charge < -0.3 is 9.47 Å². The van der Waals surface area contributed by atoms with Crippen molar-refractivity contribution in [3.8, 4) is 0 Å². The molecule has 2 heterocycles. The quantitative estimate of drug-likeness (QED) is 0.860. The second kappa shape index (κ2) is 7.66. The fourth-order valence-corrected chi connectivity index (χ4v) is 3.45. The summed E-state index contributed by atoms with van der Waals surface area (Å²) in [6.07, 6.45) is 2.59. The maximum absolute atomic E-state index is 12.9. The van der Waals surface area contributed by atoms with E-state index in [2.05, 4.69) is 36.1 Å². The Kier molecular flexibility index (Phi) is 5.34. The maximum Gasteiger partial charge on any atom is 0.263 e. The van der Waals surface area contributed by atoms with E-state index >= 15 is 0 Å². The molecule has 1 unspecified atom stereocenters. The maximum atomic E-state index is 12.9. The molecule has 0 bridgehead atoms. The van der Waals surface area contributed by atoms with Crippen LogP contribution in [0, 0.1) is 0 Å². The normalized spacial score (nSPS) is 18.8. The van der Waals surface area contributed by atoms with Gasteiger partial charge in [0, 0.05) is 45.5 Å². The van der Waals surface area contributed by atoms with Crippen LogP contribution in [0.3, 0.4) is 0 Å². The second-order valence-corrected chi connectivity index (χ2v) is 6.76. The van der Waals surface area contributed by atoms with Crippen molar-refractivity contribution in [2.45, 2.75) is 25.9 Å². The minimum atomic E-state index is -0.231. The minimum Gasteiger partial charge on any atom is -0.334 e. The number of hydrogen-bond acceptors (Lipinski definition) is 3. The summed E-state index contributed by atoms with van der Waals surface area (Å²) in [4.78, 5) is 29.4. The molecule has 0 aliphatic carbocycles. The molecule has 0 saturated carbocycles. The molecule has 1 atom stereocenters. The van der Waals surface area contributed by atoms with Crippen LogP contribution < -0.4 is 5.56 Å². The van der Waals surface area contributed by atoms with Gasteiger partial charge in [0.1, 0.15) is 5.56 Å². The molecule has 0 radical (unpaired) electrons. The van der Waals surface area contributed by atoms with E-state index in [-0.39, 0.29) is 23.1 Å². The Bertz CT molecular complexity index is 785. The highest BCUT2D eigenvalue weighted by molar-refractivity contribution is 5.94. The van der Waals surface area contributed by atoms with E-state index in [1.807, 2.05) is 11.0 Å². The third kappa shape index (κ3) is 3.99. The van der Waals surface area contributed by atoms with Crippen molar-refractivity contribution < 1.29 is 4.79 Å². The summed E-state index contributed by atoms with van der Waals surface area (Å²) in [6.45, 7) is 5.40. The number of aromatic nitrogens is 1. The fraction of sp³-hybridized carbons (Fsp3) is 0.400. The monoisotopic (exact) mass is 339 g/mol. The molecule has 1 aliphatic heterocycles. The van der Waals surface area contributed by atoms with Gasteiger partial charge in [-0.25, -0.2) is 0 Å². The van der Waals surface area contributed by atoms with E-state index in [1.165, 1.54) is 10.1 Å². The van der Waals surface area contributed by atoms with Gasteiger partial charge in [-0.15, -0.1) is 0 Å². The van der Waals surface area contributed by atoms with Gasteiger partial charge in [0.2, 0.25) is 0 Å². The molecule has 1 aliphatic rings. The predicted octanol–water partition coefficient (Wildman–Crippen LogP) is 2.12. The Balaban J connectivity index is 1.73. The van der Waals surface area contributed by atoms with Gasteiger partial charge in [-0.3, -0.25) is 14.5 Å². The molecule has 1 saturated heterocycles. The molecule has 5 nitrogen and oxygen atoms in total. The summed E-state index contributed by atoms with van der Waals surface area (Å²) < 4.78 is 1.46. The van der Waals surface area contributed by atoms with Gasteiger partial charge in [-0.05, 0) is 31.0 Å². The molecule has 1 aromatic heterocycles. The third-order valence-corrected chi connectivity index (χ3v) is 4.79. The molecule has 1 fully saturated rings. The smallest absolute Gasteiger partial charge is 0.263 e. The average molecular weight is 339 g/mol. The van der Waals surface area contributed by atoms with Crippen LogP contribution in [0.5, 0.6) is 0 Å². The Labute approximate surface area is 148 Å². The van der Waals surface area contributed by atoms with Crippen LogP contribution in [-0.2, 0) is 13.6 Å². The topological polar surface area (TPSA) is 45.5 Å². The average Bonchev–Trinajstić information content (AvgIpc) is 2.79. The van der Waals surface area contributed by atoms with Crippen LogP contribution in [0.2, 0.25) is 0 Å². The zero-order valence-corrected chi connectivity index (χ0v) is 14.9. The molecular formula is C20H25N3O2. The molecule has 2 aromatic rings. The second-order valence-electron chi connectivity index (χ2n) is 6.76. The first-order chi connectivity index (χ1) is 12.1. The molecule has 3 rings (SSSR count). The van der Waals surface area contributed by atoms with E-state index in [1.54, 1.807) is 25.4 Å². The van der Waals surface area contributed by atoms with Crippen LogP contribution in [-0.4, -0.2) is 46.0 Å². The molecule has 1 amide bonds. The highest BCUT2D eigenvalue weighted by Gasteiger charge is 2.27. The van der Waals surface area contributed by atoms with Crippen molar-refractivity contribution in [1.29, 1.82) is 0 Å². The Morgan fingerprint density at radius 3 is 2.64 bits per heavy atom. The summed E-state index contributed by atoms with van der Waals surface area (Å²) in [5, 5.41) is 0. The van der Waals surface area contributed by atoms with Gasteiger partial charge in [-0.1, -0.05) is 30.3 Å². The van der Waals surface area contributed by atoms with Gasteiger partial charge in [0.25, 0.3) is 11.5 Å². The van der Waals surface area contributed by atoms with Crippen molar-refractivity contribution in [3.63, 3.8) is 0 Å². The highest BCUT2D eigenvalue weighted by Crippen LogP contribution is 2.15. The lowest BCUT2D eigenvalue weighted by Gasteiger charge is -2.29. The van der Waals surface area contributed by atoms with Crippen molar-refractivity contribution in [1.82, 2.24) is 14.4 Å². The Hall–Kier alpha value is -2.40. The summed E-state index contributed by atoms with van der Waals surface area (Å²) >= 11 is 0. The summed E-state index contributed by atoms with van der Waals surface area (Å²) in [5.74, 6) is -0.157. The number of pyridine rings is 1. The number of amides is 1. The largest absolute Gasteiger partial charge is 0.334 e. The Morgan fingerprint density at radius 1 is 1.12 bits per heavy atom. The van der Waals surface area contributed by atoms with Crippen molar-refractivity contribution in [2.75, 3.05) is 19.6 Å². The molecular weight excluding hydrogens is 314 g/mol. The van der Waals surface area contributed by atoms with E-state index < -0.39 is 0 Å². The van der Waals surface area contributed by atoms with Crippen LogP contribution in [0.15, 0.2) is 53.5 Å². The number of benzene rings is 1. The Morgan fingerprint density at radius 2 is 1.88 bits per heavy atom. The lowest BCUT2D eigenvalue weighted by Crippen LogP contribution is -2.44. The summed E-state index contributed by atoms with van der Waals surface area (Å²) in [5.41, 5.74) is 1.31. The number of nitrogens with zero attached hydrogens (tertiary/aromatic N) is 3. The summed E-state index contributed by atoms with van der Waals surface area (Å²) in [6, 6.07) is 13.8. The van der Waals surface area contributed by atoms with E-state index in [9.17, 15) is 9.59 Å². The molecule has 0 N–H and O–H groups in total. The third-order valence-electron chi connectivity index (χ3n) is 4.79. The number of rotatable bonds is 3. The molecule has 1 aromatic carbocycles. The molecule has 25 heavy (non-hydrogen) atoms. The number of hydrogen-bond donors (Lipinski definition) is 0. The van der Waals surface area contributed by atoms with E-state index in [4.69, 9.17) is 0 Å². The van der Waals surface area contributed by atoms with Gasteiger partial charge >= 0.3 is 0 Å². The predicted molar refractivity (Wildman–Crippen MR) is 98.5 cm³/mol. The summed E-state index contributed by atoms with van der Waals surface area (Å²) in [7, 11) is 1.67. The highest BCUT2D eigenvalue weighted by atomic mass is 16.2. The molecule has 132 valence electrons. The minimum absolute atomic E-state index is 0.0728. The number of carbonyl (C=O) groups is 1. The molecule has 5 heteroatoms. The van der Waals surface area contributed by atoms with Gasteiger partial charge in [0.05, 0.1) is 0 Å². The standard InChI is InChI=1S/C20H25N3O2/c1-16-14-22(15-17-8-4-3-5-9-17)12-7-13-23(16)20(25)18-10-6-11-21(2)19(18)24/h3-6,8-11,16H,7,12-15H2,1-2H3. The van der Waals surface area contributed by atoms with Crippen molar-refractivity contribution in [3.05, 3.63) is 70.1 Å². The first-order valence-corrected chi connectivity index (χ1v) is 8.79. The molecule has 0 spiro atoms. The van der Waals surface area contributed by atoms with Gasteiger partial charge in [-0.2, -0.15) is 0 Å². The SMILES string of the molecule is CC1CN(Cc2ccccc2)CCCN1C(=O)c1cccn(C)c1=O. The zero-order valence-electron chi connectivity index (χ0n) is 14.9. The van der Waals surface area contributed by atoms with E-state index in [0.29, 0.717) is 6.54 Å². The lowest BCUT2D eigenvalue weighted by atomic mass is 10.2.